The fourth-order valence-electron chi connectivity index (χ4n) is 3.52. The molecule has 110 valence electrons. The summed E-state index contributed by atoms with van der Waals surface area (Å²) in [4.78, 5) is 0. The minimum absolute atomic E-state index is 0.0198. The zero-order valence-electron chi connectivity index (χ0n) is 11.9. The lowest BCUT2D eigenvalue weighted by Crippen LogP contribution is -2.40. The number of aryl methyl sites for hydroxylation is 1. The van der Waals surface area contributed by atoms with Gasteiger partial charge in [0.2, 0.25) is 0 Å². The average Bonchev–Trinajstić information content (AvgIpc) is 2.51. The van der Waals surface area contributed by atoms with Gasteiger partial charge >= 0.3 is 0 Å². The van der Waals surface area contributed by atoms with Gasteiger partial charge in [-0.15, -0.1) is 0 Å². The van der Waals surface area contributed by atoms with E-state index in [1.165, 1.54) is 23.1 Å². The third-order valence-electron chi connectivity index (χ3n) is 4.61. The van der Waals surface area contributed by atoms with Gasteiger partial charge in [-0.25, -0.2) is 0 Å². The molecular weight excluding hydrogens is 301 g/mol. The summed E-state index contributed by atoms with van der Waals surface area (Å²) in [5.74, 6) is 0. The summed E-state index contributed by atoms with van der Waals surface area (Å²) in [6.45, 7) is 0.657. The van der Waals surface area contributed by atoms with Gasteiger partial charge in [0.05, 0.1) is 10.0 Å². The summed E-state index contributed by atoms with van der Waals surface area (Å²) in [5, 5.41) is 1.22. The van der Waals surface area contributed by atoms with Crippen LogP contribution in [0.15, 0.2) is 42.5 Å². The molecule has 0 bridgehead atoms. The molecule has 3 heteroatoms. The van der Waals surface area contributed by atoms with Crippen LogP contribution in [0, 0.1) is 0 Å². The van der Waals surface area contributed by atoms with E-state index in [0.717, 1.165) is 19.3 Å². The van der Waals surface area contributed by atoms with Crippen LogP contribution in [-0.4, -0.2) is 6.54 Å². The monoisotopic (exact) mass is 319 g/mol. The number of fused-ring (bicyclic) bond motifs is 1. The van der Waals surface area contributed by atoms with E-state index in [0.29, 0.717) is 16.6 Å². The van der Waals surface area contributed by atoms with Crippen LogP contribution in [0.5, 0.6) is 0 Å². The van der Waals surface area contributed by atoms with Gasteiger partial charge in [-0.05, 0) is 54.5 Å². The molecule has 21 heavy (non-hydrogen) atoms. The van der Waals surface area contributed by atoms with Crippen LogP contribution in [0.4, 0.5) is 0 Å². The lowest BCUT2D eigenvalue weighted by Gasteiger charge is -2.38. The van der Waals surface area contributed by atoms with Crippen LogP contribution in [0.2, 0.25) is 10.0 Å². The van der Waals surface area contributed by atoms with Crippen molar-refractivity contribution in [1.82, 2.24) is 0 Å². The second-order valence-electron chi connectivity index (χ2n) is 5.92. The van der Waals surface area contributed by atoms with Gasteiger partial charge in [0.1, 0.15) is 0 Å². The Kier molecular flexibility index (Phi) is 4.26. The molecule has 2 aromatic carbocycles. The number of halogens is 2. The van der Waals surface area contributed by atoms with E-state index < -0.39 is 0 Å². The molecule has 2 aromatic rings. The number of hydrogen-bond acceptors (Lipinski definition) is 1. The van der Waals surface area contributed by atoms with Gasteiger partial charge in [0.15, 0.2) is 0 Å². The zero-order valence-corrected chi connectivity index (χ0v) is 13.4. The van der Waals surface area contributed by atoms with Crippen molar-refractivity contribution in [2.75, 3.05) is 6.54 Å². The van der Waals surface area contributed by atoms with E-state index in [1.807, 2.05) is 12.1 Å². The molecule has 1 atom stereocenters. The van der Waals surface area contributed by atoms with Crippen LogP contribution in [-0.2, 0) is 18.3 Å². The van der Waals surface area contributed by atoms with Gasteiger partial charge in [-0.3, -0.25) is 0 Å². The quantitative estimate of drug-likeness (QED) is 0.866. The molecule has 0 aromatic heterocycles. The first-order valence-electron chi connectivity index (χ1n) is 7.37. The molecule has 0 amide bonds. The van der Waals surface area contributed by atoms with Crippen molar-refractivity contribution >= 4 is 23.2 Å². The summed E-state index contributed by atoms with van der Waals surface area (Å²) in [7, 11) is 0. The lowest BCUT2D eigenvalue weighted by molar-refractivity contribution is 0.366. The molecule has 1 aliphatic carbocycles. The maximum atomic E-state index is 6.21. The van der Waals surface area contributed by atoms with Gasteiger partial charge in [-0.2, -0.15) is 0 Å². The van der Waals surface area contributed by atoms with E-state index in [4.69, 9.17) is 28.9 Å². The molecular formula is C18H19Cl2N. The first-order valence-corrected chi connectivity index (χ1v) is 8.13. The van der Waals surface area contributed by atoms with Crippen molar-refractivity contribution in [2.45, 2.75) is 31.1 Å². The normalized spacial score (nSPS) is 21.1. The SMILES string of the molecule is NCC1(Cc2ccc(Cl)c(Cl)c2)CCCc2ccccc21. The molecule has 0 spiro atoms. The van der Waals surface area contributed by atoms with Crippen LogP contribution < -0.4 is 5.73 Å². The molecule has 0 aliphatic heterocycles. The molecule has 0 saturated heterocycles. The molecule has 0 fully saturated rings. The van der Waals surface area contributed by atoms with E-state index in [-0.39, 0.29) is 5.41 Å². The number of hydrogen-bond donors (Lipinski definition) is 1. The molecule has 0 saturated carbocycles. The van der Waals surface area contributed by atoms with Crippen molar-refractivity contribution in [2.24, 2.45) is 5.73 Å². The maximum absolute atomic E-state index is 6.21. The fourth-order valence-corrected chi connectivity index (χ4v) is 3.84. The molecule has 3 rings (SSSR count). The minimum atomic E-state index is 0.0198. The second kappa shape index (κ2) is 6.00. The van der Waals surface area contributed by atoms with Crippen molar-refractivity contribution in [3.8, 4) is 0 Å². The molecule has 1 unspecified atom stereocenters. The lowest BCUT2D eigenvalue weighted by atomic mass is 9.67. The predicted molar refractivity (Wildman–Crippen MR) is 90.3 cm³/mol. The van der Waals surface area contributed by atoms with E-state index in [2.05, 4.69) is 30.3 Å². The van der Waals surface area contributed by atoms with Gasteiger partial charge in [0, 0.05) is 12.0 Å². The van der Waals surface area contributed by atoms with Gasteiger partial charge < -0.3 is 5.73 Å². The van der Waals surface area contributed by atoms with E-state index in [9.17, 15) is 0 Å². The Morgan fingerprint density at radius 2 is 1.86 bits per heavy atom. The number of benzene rings is 2. The average molecular weight is 320 g/mol. The Hall–Kier alpha value is -1.02. The van der Waals surface area contributed by atoms with Crippen molar-refractivity contribution < 1.29 is 0 Å². The Bertz CT molecular complexity index is 653. The van der Waals surface area contributed by atoms with E-state index in [1.54, 1.807) is 0 Å². The first-order chi connectivity index (χ1) is 10.1. The molecule has 0 heterocycles. The Balaban J connectivity index is 2.00. The highest BCUT2D eigenvalue weighted by molar-refractivity contribution is 6.42. The maximum Gasteiger partial charge on any atom is 0.0595 e. The summed E-state index contributed by atoms with van der Waals surface area (Å²) >= 11 is 12.2. The standard InChI is InChI=1S/C18H19Cl2N/c19-16-8-7-13(10-17(16)20)11-18(12-21)9-3-5-14-4-1-2-6-15(14)18/h1-2,4,6-8,10H,3,5,9,11-12,21H2. The number of nitrogens with two attached hydrogens (primary N) is 1. The summed E-state index contributed by atoms with van der Waals surface area (Å²) < 4.78 is 0. The topological polar surface area (TPSA) is 26.0 Å². The fraction of sp³-hybridized carbons (Fsp3) is 0.333. The molecule has 2 N–H and O–H groups in total. The predicted octanol–water partition coefficient (Wildman–Crippen LogP) is 4.77. The number of rotatable bonds is 3. The molecule has 1 nitrogen and oxygen atoms in total. The van der Waals surface area contributed by atoms with Crippen LogP contribution in [0.3, 0.4) is 0 Å². The van der Waals surface area contributed by atoms with Crippen LogP contribution in [0.25, 0.3) is 0 Å². The highest BCUT2D eigenvalue weighted by atomic mass is 35.5. The first kappa shape index (κ1) is 14.9. The zero-order chi connectivity index (χ0) is 14.9. The molecule has 1 aliphatic rings. The highest BCUT2D eigenvalue weighted by Crippen LogP contribution is 2.40. The summed E-state index contributed by atoms with van der Waals surface area (Å²) in [5.41, 5.74) is 10.3. The van der Waals surface area contributed by atoms with Crippen LogP contribution in [0.1, 0.15) is 29.5 Å². The minimum Gasteiger partial charge on any atom is -0.330 e. The third kappa shape index (κ3) is 2.83. The molecule has 0 radical (unpaired) electrons. The van der Waals surface area contributed by atoms with Crippen molar-refractivity contribution in [3.63, 3.8) is 0 Å². The Morgan fingerprint density at radius 1 is 1.05 bits per heavy atom. The van der Waals surface area contributed by atoms with Crippen LogP contribution >= 0.6 is 23.2 Å². The highest BCUT2D eigenvalue weighted by Gasteiger charge is 2.35. The van der Waals surface area contributed by atoms with E-state index >= 15 is 0 Å². The Labute approximate surface area is 136 Å². The summed E-state index contributed by atoms with van der Waals surface area (Å²) in [6, 6.07) is 14.6. The summed E-state index contributed by atoms with van der Waals surface area (Å²) in [6.07, 6.45) is 4.38. The van der Waals surface area contributed by atoms with Gasteiger partial charge in [-0.1, -0.05) is 53.5 Å². The van der Waals surface area contributed by atoms with Crippen molar-refractivity contribution in [1.29, 1.82) is 0 Å². The Morgan fingerprint density at radius 3 is 2.62 bits per heavy atom. The largest absolute Gasteiger partial charge is 0.330 e. The third-order valence-corrected chi connectivity index (χ3v) is 5.35. The van der Waals surface area contributed by atoms with Gasteiger partial charge in [0.25, 0.3) is 0 Å². The smallest absolute Gasteiger partial charge is 0.0595 e. The second-order valence-corrected chi connectivity index (χ2v) is 6.73. The van der Waals surface area contributed by atoms with Crippen molar-refractivity contribution in [3.05, 3.63) is 69.2 Å².